The van der Waals surface area contributed by atoms with Crippen molar-refractivity contribution in [2.75, 3.05) is 37.6 Å². The fraction of sp³-hybridized carbons (Fsp3) is 0.519. The molecule has 2 aliphatic rings. The molecule has 0 bridgehead atoms. The molecule has 4 rings (SSSR count). The summed E-state index contributed by atoms with van der Waals surface area (Å²) in [6.45, 7) is 8.08. The Morgan fingerprint density at radius 3 is 2.20 bits per heavy atom. The highest BCUT2D eigenvalue weighted by molar-refractivity contribution is 7.89. The Bertz CT molecular complexity index is 1150. The standard InChI is InChI=1S/C27H36ClN3O3S/c1-20-16-21(2)27(22(3)17-20)35(33,34)31(24-9-5-4-6-10-24)19-26(32)30-14-12-29(13-15-30)25-11-7-8-23(28)18-25/h7-8,11,16-18,24H,4-6,9-10,12-15,19H2,1-3H3. The summed E-state index contributed by atoms with van der Waals surface area (Å²) in [5.41, 5.74) is 3.56. The summed E-state index contributed by atoms with van der Waals surface area (Å²) in [7, 11) is -3.81. The fourth-order valence-electron chi connectivity index (χ4n) is 5.59. The van der Waals surface area contributed by atoms with Gasteiger partial charge in [-0.05, 0) is 62.9 Å². The van der Waals surface area contributed by atoms with Gasteiger partial charge in [0.25, 0.3) is 0 Å². The first kappa shape index (κ1) is 26.0. The molecule has 6 nitrogen and oxygen atoms in total. The molecule has 190 valence electrons. The average molecular weight is 518 g/mol. The highest BCUT2D eigenvalue weighted by atomic mass is 35.5. The molecule has 0 unspecified atom stereocenters. The van der Waals surface area contributed by atoms with E-state index in [4.69, 9.17) is 11.6 Å². The zero-order valence-corrected chi connectivity index (χ0v) is 22.5. The van der Waals surface area contributed by atoms with Gasteiger partial charge in [-0.25, -0.2) is 8.42 Å². The molecule has 2 aromatic carbocycles. The van der Waals surface area contributed by atoms with Gasteiger partial charge in [0.2, 0.25) is 15.9 Å². The number of rotatable bonds is 6. The Labute approximate surface area is 214 Å². The number of halogens is 1. The van der Waals surface area contributed by atoms with E-state index in [1.807, 2.05) is 57.2 Å². The van der Waals surface area contributed by atoms with Crippen molar-refractivity contribution in [1.29, 1.82) is 0 Å². The van der Waals surface area contributed by atoms with Crippen molar-refractivity contribution in [2.24, 2.45) is 0 Å². The molecule has 35 heavy (non-hydrogen) atoms. The van der Waals surface area contributed by atoms with Gasteiger partial charge in [-0.3, -0.25) is 4.79 Å². The smallest absolute Gasteiger partial charge is 0.244 e. The topological polar surface area (TPSA) is 60.9 Å². The van der Waals surface area contributed by atoms with Crippen LogP contribution < -0.4 is 4.90 Å². The van der Waals surface area contributed by atoms with Gasteiger partial charge in [-0.15, -0.1) is 0 Å². The van der Waals surface area contributed by atoms with E-state index in [1.54, 1.807) is 4.90 Å². The molecule has 1 aliphatic carbocycles. The second kappa shape index (κ2) is 10.9. The predicted octanol–water partition coefficient (Wildman–Crippen LogP) is 4.94. The van der Waals surface area contributed by atoms with Crippen LogP contribution in [0.4, 0.5) is 5.69 Å². The third kappa shape index (κ3) is 5.84. The quantitative estimate of drug-likeness (QED) is 0.544. The van der Waals surface area contributed by atoms with Gasteiger partial charge in [-0.2, -0.15) is 4.31 Å². The maximum atomic E-state index is 14.0. The maximum Gasteiger partial charge on any atom is 0.244 e. The molecular weight excluding hydrogens is 482 g/mol. The minimum atomic E-state index is -3.81. The first-order valence-electron chi connectivity index (χ1n) is 12.5. The summed E-state index contributed by atoms with van der Waals surface area (Å²) in [6, 6.07) is 11.4. The lowest BCUT2D eigenvalue weighted by molar-refractivity contribution is -0.132. The van der Waals surface area contributed by atoms with Gasteiger partial charge in [0.05, 0.1) is 11.4 Å². The van der Waals surface area contributed by atoms with Gasteiger partial charge >= 0.3 is 0 Å². The van der Waals surface area contributed by atoms with Crippen LogP contribution in [0.1, 0.15) is 48.8 Å². The number of carbonyl (C=O) groups is 1. The Morgan fingerprint density at radius 2 is 1.60 bits per heavy atom. The lowest BCUT2D eigenvalue weighted by atomic mass is 9.95. The largest absolute Gasteiger partial charge is 0.368 e. The first-order valence-corrected chi connectivity index (χ1v) is 14.4. The van der Waals surface area contributed by atoms with Crippen LogP contribution in [-0.4, -0.2) is 62.3 Å². The van der Waals surface area contributed by atoms with Crippen molar-refractivity contribution in [2.45, 2.75) is 63.8 Å². The third-order valence-corrected chi connectivity index (χ3v) is 9.69. The molecule has 2 fully saturated rings. The highest BCUT2D eigenvalue weighted by Gasteiger charge is 2.37. The number of piperazine rings is 1. The van der Waals surface area contributed by atoms with Crippen LogP contribution in [0.5, 0.6) is 0 Å². The fourth-order valence-corrected chi connectivity index (χ4v) is 7.82. The molecule has 1 amide bonds. The molecule has 0 N–H and O–H groups in total. The van der Waals surface area contributed by atoms with E-state index >= 15 is 0 Å². The van der Waals surface area contributed by atoms with Crippen LogP contribution in [-0.2, 0) is 14.8 Å². The van der Waals surface area contributed by atoms with Gasteiger partial charge in [0, 0.05) is 42.9 Å². The predicted molar refractivity (Wildman–Crippen MR) is 142 cm³/mol. The molecule has 0 aromatic heterocycles. The lowest BCUT2D eigenvalue weighted by Gasteiger charge is -2.38. The second-order valence-electron chi connectivity index (χ2n) is 9.92. The van der Waals surface area contributed by atoms with E-state index in [2.05, 4.69) is 4.90 Å². The third-order valence-electron chi connectivity index (χ3n) is 7.25. The minimum Gasteiger partial charge on any atom is -0.368 e. The van der Waals surface area contributed by atoms with E-state index in [0.717, 1.165) is 54.5 Å². The van der Waals surface area contributed by atoms with E-state index in [-0.39, 0.29) is 18.5 Å². The summed E-state index contributed by atoms with van der Waals surface area (Å²) in [6.07, 6.45) is 4.72. The van der Waals surface area contributed by atoms with Crippen LogP contribution in [0.25, 0.3) is 0 Å². The SMILES string of the molecule is Cc1cc(C)c(S(=O)(=O)N(CC(=O)N2CCN(c3cccc(Cl)c3)CC2)C2CCCCC2)c(C)c1. The molecule has 0 atom stereocenters. The zero-order valence-electron chi connectivity index (χ0n) is 21.0. The van der Waals surface area contributed by atoms with Crippen LogP contribution in [0.2, 0.25) is 5.02 Å². The number of carbonyl (C=O) groups excluding carboxylic acids is 1. The number of benzene rings is 2. The lowest BCUT2D eigenvalue weighted by Crippen LogP contribution is -2.53. The molecular formula is C27H36ClN3O3S. The van der Waals surface area contributed by atoms with Crippen molar-refractivity contribution in [1.82, 2.24) is 9.21 Å². The monoisotopic (exact) mass is 517 g/mol. The number of aryl methyl sites for hydroxylation is 3. The molecule has 1 aliphatic heterocycles. The van der Waals surface area contributed by atoms with E-state index < -0.39 is 10.0 Å². The van der Waals surface area contributed by atoms with Crippen LogP contribution in [0.3, 0.4) is 0 Å². The van der Waals surface area contributed by atoms with E-state index in [0.29, 0.717) is 36.1 Å². The van der Waals surface area contributed by atoms with Crippen molar-refractivity contribution in [3.05, 3.63) is 58.1 Å². The zero-order chi connectivity index (χ0) is 25.2. The number of hydrogen-bond acceptors (Lipinski definition) is 4. The molecule has 1 saturated carbocycles. The summed E-state index contributed by atoms with van der Waals surface area (Å²) in [4.78, 5) is 17.8. The van der Waals surface area contributed by atoms with Crippen molar-refractivity contribution in [3.63, 3.8) is 0 Å². The summed E-state index contributed by atoms with van der Waals surface area (Å²) < 4.78 is 29.5. The van der Waals surface area contributed by atoms with Crippen LogP contribution >= 0.6 is 11.6 Å². The highest BCUT2D eigenvalue weighted by Crippen LogP contribution is 2.31. The van der Waals surface area contributed by atoms with Crippen LogP contribution in [0.15, 0.2) is 41.3 Å². The second-order valence-corrected chi connectivity index (χ2v) is 12.2. The van der Waals surface area contributed by atoms with Gasteiger partial charge in [-0.1, -0.05) is 54.6 Å². The molecule has 2 aromatic rings. The van der Waals surface area contributed by atoms with Gasteiger partial charge in [0.15, 0.2) is 0 Å². The summed E-state index contributed by atoms with van der Waals surface area (Å²) in [5.74, 6) is -0.118. The number of amides is 1. The normalized spacial score (nSPS) is 17.7. The number of sulfonamides is 1. The number of nitrogens with zero attached hydrogens (tertiary/aromatic N) is 3. The first-order chi connectivity index (χ1) is 16.7. The van der Waals surface area contributed by atoms with E-state index in [9.17, 15) is 13.2 Å². The van der Waals surface area contributed by atoms with Crippen molar-refractivity contribution >= 4 is 33.2 Å². The molecule has 0 radical (unpaired) electrons. The van der Waals surface area contributed by atoms with Crippen molar-refractivity contribution in [3.8, 4) is 0 Å². The van der Waals surface area contributed by atoms with Crippen molar-refractivity contribution < 1.29 is 13.2 Å². The minimum absolute atomic E-state index is 0.100. The molecule has 1 saturated heterocycles. The molecule has 8 heteroatoms. The number of hydrogen-bond donors (Lipinski definition) is 0. The van der Waals surface area contributed by atoms with Crippen LogP contribution in [0, 0.1) is 20.8 Å². The average Bonchev–Trinajstić information content (AvgIpc) is 2.82. The molecule has 1 heterocycles. The van der Waals surface area contributed by atoms with Gasteiger partial charge in [0.1, 0.15) is 0 Å². The Balaban J connectivity index is 1.53. The number of anilines is 1. The summed E-state index contributed by atoms with van der Waals surface area (Å²) >= 11 is 6.14. The Morgan fingerprint density at radius 1 is 0.971 bits per heavy atom. The maximum absolute atomic E-state index is 14.0. The molecule has 0 spiro atoms. The van der Waals surface area contributed by atoms with Gasteiger partial charge < -0.3 is 9.80 Å². The Kier molecular flexibility index (Phi) is 8.09. The summed E-state index contributed by atoms with van der Waals surface area (Å²) in [5, 5.41) is 0.691. The Hall–Kier alpha value is -2.09. The van der Waals surface area contributed by atoms with E-state index in [1.165, 1.54) is 4.31 Å².